The topological polar surface area (TPSA) is 95.2 Å². The predicted molar refractivity (Wildman–Crippen MR) is 98.9 cm³/mol. The van der Waals surface area contributed by atoms with Crippen LogP contribution in [0, 0.1) is 11.6 Å². The summed E-state index contributed by atoms with van der Waals surface area (Å²) in [5, 5.41) is 10.0. The largest absolute Gasteiger partial charge is 0.375 e. The number of aromatic nitrogens is 2. The van der Waals surface area contributed by atoms with Crippen molar-refractivity contribution in [2.45, 2.75) is 24.9 Å². The van der Waals surface area contributed by atoms with Crippen LogP contribution in [-0.4, -0.2) is 26.9 Å². The van der Waals surface area contributed by atoms with Gasteiger partial charge >= 0.3 is 0 Å². The van der Waals surface area contributed by atoms with E-state index in [1.165, 1.54) is 30.3 Å². The lowest BCUT2D eigenvalue weighted by molar-refractivity contribution is -0.141. The quantitative estimate of drug-likeness (QED) is 0.649. The summed E-state index contributed by atoms with van der Waals surface area (Å²) in [6, 6.07) is 6.33. The average Bonchev–Trinajstić information content (AvgIpc) is 3.02. The zero-order chi connectivity index (χ0) is 20.3. The van der Waals surface area contributed by atoms with Gasteiger partial charge in [0.25, 0.3) is 5.56 Å². The Morgan fingerprint density at radius 3 is 2.34 bits per heavy atom. The Labute approximate surface area is 162 Å². The molecule has 9 heteroatoms. The van der Waals surface area contributed by atoms with Crippen LogP contribution in [0.1, 0.15) is 36.2 Å². The van der Waals surface area contributed by atoms with Crippen molar-refractivity contribution < 1.29 is 18.4 Å². The van der Waals surface area contributed by atoms with Crippen LogP contribution in [0.2, 0.25) is 0 Å². The van der Waals surface area contributed by atoms with Crippen LogP contribution in [0.25, 0.3) is 10.8 Å². The minimum atomic E-state index is -0.875. The number of nitrogens with one attached hydrogen (secondary N) is 2. The average molecular weight is 396 g/mol. The van der Waals surface area contributed by atoms with Crippen molar-refractivity contribution in [3.05, 3.63) is 69.6 Å². The van der Waals surface area contributed by atoms with Gasteiger partial charge in [-0.05, 0) is 29.8 Å². The Hall–Kier alpha value is -3.62. The maximum Gasteiger partial charge on any atom is 0.272 e. The number of hydrogen-bond acceptors (Lipinski definition) is 5. The Morgan fingerprint density at radius 2 is 1.66 bits per heavy atom. The highest BCUT2D eigenvalue weighted by atomic mass is 19.1. The number of hydrogen-bond donors (Lipinski definition) is 2. The molecule has 2 aromatic carbocycles. The second-order valence-electron chi connectivity index (χ2n) is 7.09. The van der Waals surface area contributed by atoms with Gasteiger partial charge in [-0.3, -0.25) is 19.3 Å². The van der Waals surface area contributed by atoms with Crippen LogP contribution in [0.5, 0.6) is 0 Å². The molecule has 0 saturated carbocycles. The number of anilines is 1. The number of amides is 2. The molecular formula is C20H14F2N4O3. The molecule has 2 unspecified atom stereocenters. The van der Waals surface area contributed by atoms with E-state index in [4.69, 9.17) is 0 Å². The molecule has 2 amide bonds. The fourth-order valence-electron chi connectivity index (χ4n) is 4.13. The van der Waals surface area contributed by atoms with Gasteiger partial charge in [0.15, 0.2) is 0 Å². The van der Waals surface area contributed by atoms with Crippen LogP contribution in [-0.2, 0) is 9.59 Å². The first-order valence-electron chi connectivity index (χ1n) is 9.03. The van der Waals surface area contributed by atoms with E-state index in [2.05, 4.69) is 15.5 Å². The lowest BCUT2D eigenvalue weighted by Gasteiger charge is -2.38. The van der Waals surface area contributed by atoms with Gasteiger partial charge in [-0.15, -0.1) is 0 Å². The third kappa shape index (κ3) is 2.61. The standard InChI is InChI=1S/C20H14F2N4O3/c21-10-3-1-9(2-4-10)17-19(26-14(27)5-6-15(26)28)18-16-12(20(29)25-24-18)7-11(22)8-13(16)23-17/h1-4,7-8,17,19,23H,5-6H2,(H,25,29). The number of halogens is 2. The van der Waals surface area contributed by atoms with Gasteiger partial charge in [0.1, 0.15) is 17.7 Å². The molecule has 2 aliphatic rings. The molecular weight excluding hydrogens is 382 g/mol. The molecule has 1 saturated heterocycles. The lowest BCUT2D eigenvalue weighted by atomic mass is 9.88. The highest BCUT2D eigenvalue weighted by molar-refractivity contribution is 6.04. The molecule has 29 heavy (non-hydrogen) atoms. The second kappa shape index (κ2) is 6.20. The number of carbonyl (C=O) groups excluding carboxylic acids is 2. The molecule has 1 fully saturated rings. The van der Waals surface area contributed by atoms with E-state index in [0.29, 0.717) is 16.6 Å². The van der Waals surface area contributed by atoms with Crippen molar-refractivity contribution in [2.24, 2.45) is 0 Å². The van der Waals surface area contributed by atoms with Crippen LogP contribution < -0.4 is 10.9 Å². The number of aromatic amines is 1. The SMILES string of the molecule is O=C1CCC(=O)N1C1c2n[nH]c(=O)c3cc(F)cc(c23)NC1c1ccc(F)cc1. The zero-order valence-electron chi connectivity index (χ0n) is 14.9. The summed E-state index contributed by atoms with van der Waals surface area (Å²) < 4.78 is 27.6. The summed E-state index contributed by atoms with van der Waals surface area (Å²) in [6.07, 6.45) is 0.155. The molecule has 2 N–H and O–H groups in total. The van der Waals surface area contributed by atoms with E-state index in [1.807, 2.05) is 0 Å². The molecule has 0 radical (unpaired) electrons. The normalized spacial score (nSPS) is 21.0. The summed E-state index contributed by atoms with van der Waals surface area (Å²) in [5.74, 6) is -1.78. The van der Waals surface area contributed by atoms with Crippen molar-refractivity contribution in [2.75, 3.05) is 5.32 Å². The van der Waals surface area contributed by atoms with Crippen molar-refractivity contribution in [3.63, 3.8) is 0 Å². The first kappa shape index (κ1) is 17.5. The van der Waals surface area contributed by atoms with Gasteiger partial charge in [0.2, 0.25) is 11.8 Å². The summed E-state index contributed by atoms with van der Waals surface area (Å²) in [4.78, 5) is 38.4. The Bertz CT molecular complexity index is 1220. The number of imide groups is 1. The molecule has 3 heterocycles. The molecule has 3 aromatic rings. The summed E-state index contributed by atoms with van der Waals surface area (Å²) in [6.45, 7) is 0. The van der Waals surface area contributed by atoms with E-state index in [0.717, 1.165) is 11.0 Å². The number of benzene rings is 2. The Balaban J connectivity index is 1.79. The van der Waals surface area contributed by atoms with E-state index in [9.17, 15) is 23.2 Å². The van der Waals surface area contributed by atoms with Crippen molar-refractivity contribution >= 4 is 28.3 Å². The van der Waals surface area contributed by atoms with E-state index in [-0.39, 0.29) is 35.7 Å². The second-order valence-corrected chi connectivity index (χ2v) is 7.09. The maximum absolute atomic E-state index is 14.1. The third-order valence-electron chi connectivity index (χ3n) is 5.39. The molecule has 2 atom stereocenters. The molecule has 146 valence electrons. The first-order valence-corrected chi connectivity index (χ1v) is 9.03. The number of carbonyl (C=O) groups is 2. The lowest BCUT2D eigenvalue weighted by Crippen LogP contribution is -2.42. The molecule has 0 bridgehead atoms. The van der Waals surface area contributed by atoms with E-state index in [1.54, 1.807) is 0 Å². The smallest absolute Gasteiger partial charge is 0.272 e. The molecule has 7 nitrogen and oxygen atoms in total. The predicted octanol–water partition coefficient (Wildman–Crippen LogP) is 2.56. The number of nitrogens with zero attached hydrogens (tertiary/aromatic N) is 2. The number of H-pyrrole nitrogens is 1. The highest BCUT2D eigenvalue weighted by Gasteiger charge is 2.44. The molecule has 0 spiro atoms. The van der Waals surface area contributed by atoms with Crippen LogP contribution in [0.15, 0.2) is 41.2 Å². The monoisotopic (exact) mass is 396 g/mol. The highest BCUT2D eigenvalue weighted by Crippen LogP contribution is 2.46. The zero-order valence-corrected chi connectivity index (χ0v) is 14.9. The molecule has 5 rings (SSSR count). The fourth-order valence-corrected chi connectivity index (χ4v) is 4.13. The van der Waals surface area contributed by atoms with Gasteiger partial charge in [-0.25, -0.2) is 13.9 Å². The van der Waals surface area contributed by atoms with Crippen LogP contribution in [0.3, 0.4) is 0 Å². The maximum atomic E-state index is 14.1. The summed E-state index contributed by atoms with van der Waals surface area (Å²) >= 11 is 0. The Morgan fingerprint density at radius 1 is 0.966 bits per heavy atom. The third-order valence-corrected chi connectivity index (χ3v) is 5.39. The van der Waals surface area contributed by atoms with Gasteiger partial charge in [-0.1, -0.05) is 12.1 Å². The molecule has 2 aliphatic heterocycles. The van der Waals surface area contributed by atoms with Crippen LogP contribution in [0.4, 0.5) is 14.5 Å². The summed E-state index contributed by atoms with van der Waals surface area (Å²) in [7, 11) is 0. The minimum absolute atomic E-state index is 0.0687. The van der Waals surface area contributed by atoms with Crippen LogP contribution >= 0.6 is 0 Å². The Kier molecular flexibility index (Phi) is 3.73. The number of rotatable bonds is 2. The fraction of sp³-hybridized carbons (Fsp3) is 0.200. The van der Waals surface area contributed by atoms with Crippen molar-refractivity contribution in [3.8, 4) is 0 Å². The van der Waals surface area contributed by atoms with Crippen molar-refractivity contribution in [1.29, 1.82) is 0 Å². The van der Waals surface area contributed by atoms with E-state index >= 15 is 0 Å². The van der Waals surface area contributed by atoms with Crippen molar-refractivity contribution in [1.82, 2.24) is 15.1 Å². The van der Waals surface area contributed by atoms with E-state index < -0.39 is 29.3 Å². The minimum Gasteiger partial charge on any atom is -0.375 e. The van der Waals surface area contributed by atoms with Gasteiger partial charge in [-0.2, -0.15) is 5.10 Å². The van der Waals surface area contributed by atoms with Gasteiger partial charge in [0.05, 0.1) is 17.1 Å². The van der Waals surface area contributed by atoms with Gasteiger partial charge in [0, 0.05) is 23.9 Å². The summed E-state index contributed by atoms with van der Waals surface area (Å²) in [5.41, 5.74) is 0.605. The molecule has 0 aliphatic carbocycles. The molecule has 1 aromatic heterocycles. The van der Waals surface area contributed by atoms with Gasteiger partial charge < -0.3 is 5.32 Å². The first-order chi connectivity index (χ1) is 13.9. The number of likely N-dealkylation sites (tertiary alicyclic amines) is 1.